The molecule has 5 heteroatoms. The first kappa shape index (κ1) is 10.9. The molecule has 3 aromatic rings. The zero-order valence-corrected chi connectivity index (χ0v) is 10.2. The van der Waals surface area contributed by atoms with Crippen LogP contribution >= 0.6 is 11.3 Å². The summed E-state index contributed by atoms with van der Waals surface area (Å²) in [6.07, 6.45) is 0. The molecule has 4 nitrogen and oxygen atoms in total. The van der Waals surface area contributed by atoms with E-state index in [1.54, 1.807) is 35.6 Å². The van der Waals surface area contributed by atoms with Gasteiger partial charge in [0.2, 0.25) is 0 Å². The van der Waals surface area contributed by atoms with Crippen molar-refractivity contribution in [2.24, 2.45) is 0 Å². The van der Waals surface area contributed by atoms with Crippen LogP contribution in [0, 0.1) is 0 Å². The molecule has 1 aromatic carbocycles. The van der Waals surface area contributed by atoms with Crippen molar-refractivity contribution < 1.29 is 5.11 Å². The third kappa shape index (κ3) is 2.21. The molecule has 3 N–H and O–H groups in total. The number of benzene rings is 1. The lowest BCUT2D eigenvalue weighted by Gasteiger charge is -2.01. The summed E-state index contributed by atoms with van der Waals surface area (Å²) in [5.41, 5.74) is 1.88. The Hall–Kier alpha value is -2.27. The number of phenols is 1. The summed E-state index contributed by atoms with van der Waals surface area (Å²) >= 11 is 1.67. The van der Waals surface area contributed by atoms with Crippen molar-refractivity contribution in [3.63, 3.8) is 0 Å². The summed E-state index contributed by atoms with van der Waals surface area (Å²) in [4.78, 5) is 1.15. The number of aromatic nitrogens is 2. The van der Waals surface area contributed by atoms with E-state index in [1.165, 1.54) is 0 Å². The highest BCUT2D eigenvalue weighted by atomic mass is 32.1. The molecule has 0 aliphatic rings. The summed E-state index contributed by atoms with van der Waals surface area (Å²) in [5, 5.41) is 21.6. The van der Waals surface area contributed by atoms with E-state index >= 15 is 0 Å². The highest BCUT2D eigenvalue weighted by Crippen LogP contribution is 2.26. The average molecular weight is 257 g/mol. The second-order valence-corrected chi connectivity index (χ2v) is 4.76. The molecule has 2 aromatic heterocycles. The van der Waals surface area contributed by atoms with Gasteiger partial charge < -0.3 is 10.4 Å². The van der Waals surface area contributed by atoms with Crippen LogP contribution in [0.4, 0.5) is 11.5 Å². The van der Waals surface area contributed by atoms with E-state index in [2.05, 4.69) is 15.5 Å². The van der Waals surface area contributed by atoms with Gasteiger partial charge in [-0.05, 0) is 35.7 Å². The number of thiophene rings is 1. The van der Waals surface area contributed by atoms with Crippen molar-refractivity contribution in [3.8, 4) is 16.3 Å². The van der Waals surface area contributed by atoms with Crippen molar-refractivity contribution in [1.82, 2.24) is 10.2 Å². The molecular weight excluding hydrogens is 246 g/mol. The Labute approximate surface area is 108 Å². The van der Waals surface area contributed by atoms with Crippen molar-refractivity contribution >= 4 is 22.8 Å². The molecule has 0 bridgehead atoms. The first-order valence-corrected chi connectivity index (χ1v) is 6.34. The van der Waals surface area contributed by atoms with Crippen LogP contribution in [0.15, 0.2) is 47.8 Å². The zero-order chi connectivity index (χ0) is 12.4. The standard InChI is InChI=1S/C13H11N3OS/c17-10-5-3-9(4-6-10)14-13-8-11(15-16-13)12-2-1-7-18-12/h1-8,17H,(H2,14,15,16). The maximum absolute atomic E-state index is 9.20. The van der Waals surface area contributed by atoms with E-state index < -0.39 is 0 Å². The molecule has 0 atom stereocenters. The highest BCUT2D eigenvalue weighted by Gasteiger charge is 2.04. The topological polar surface area (TPSA) is 60.9 Å². The Balaban J connectivity index is 1.80. The van der Waals surface area contributed by atoms with Crippen LogP contribution in [-0.2, 0) is 0 Å². The Bertz CT molecular complexity index is 629. The maximum atomic E-state index is 9.20. The van der Waals surface area contributed by atoms with E-state index in [-0.39, 0.29) is 5.75 Å². The van der Waals surface area contributed by atoms with E-state index in [0.29, 0.717) is 0 Å². The van der Waals surface area contributed by atoms with Crippen molar-refractivity contribution in [2.45, 2.75) is 0 Å². The Morgan fingerprint density at radius 1 is 1.17 bits per heavy atom. The maximum Gasteiger partial charge on any atom is 0.152 e. The molecule has 0 spiro atoms. The molecule has 0 aliphatic heterocycles. The van der Waals surface area contributed by atoms with Gasteiger partial charge in [0.25, 0.3) is 0 Å². The number of nitrogens with one attached hydrogen (secondary N) is 2. The monoisotopic (exact) mass is 257 g/mol. The quantitative estimate of drug-likeness (QED) is 0.628. The van der Waals surface area contributed by atoms with E-state index in [0.717, 1.165) is 22.1 Å². The van der Waals surface area contributed by atoms with Gasteiger partial charge in [-0.2, -0.15) is 5.10 Å². The van der Waals surface area contributed by atoms with Crippen LogP contribution in [0.1, 0.15) is 0 Å². The van der Waals surface area contributed by atoms with Gasteiger partial charge in [0.05, 0.1) is 10.6 Å². The fraction of sp³-hybridized carbons (Fsp3) is 0. The lowest BCUT2D eigenvalue weighted by Crippen LogP contribution is -1.89. The minimum atomic E-state index is 0.252. The molecule has 18 heavy (non-hydrogen) atoms. The summed E-state index contributed by atoms with van der Waals surface area (Å²) in [7, 11) is 0. The fourth-order valence-electron chi connectivity index (χ4n) is 1.64. The van der Waals surface area contributed by atoms with Gasteiger partial charge in [0, 0.05) is 11.8 Å². The number of hydrogen-bond donors (Lipinski definition) is 3. The summed E-state index contributed by atoms with van der Waals surface area (Å²) in [6.45, 7) is 0. The van der Waals surface area contributed by atoms with Gasteiger partial charge in [-0.25, -0.2) is 0 Å². The average Bonchev–Trinajstić information content (AvgIpc) is 3.02. The van der Waals surface area contributed by atoms with Crippen LogP contribution in [0.25, 0.3) is 10.6 Å². The molecule has 0 aliphatic carbocycles. The minimum absolute atomic E-state index is 0.252. The highest BCUT2D eigenvalue weighted by molar-refractivity contribution is 7.13. The van der Waals surface area contributed by atoms with Crippen LogP contribution < -0.4 is 5.32 Å². The number of hydrogen-bond acceptors (Lipinski definition) is 4. The van der Waals surface area contributed by atoms with E-state index in [9.17, 15) is 5.11 Å². The number of rotatable bonds is 3. The van der Waals surface area contributed by atoms with Gasteiger partial charge >= 0.3 is 0 Å². The van der Waals surface area contributed by atoms with Crippen LogP contribution in [0.3, 0.4) is 0 Å². The smallest absolute Gasteiger partial charge is 0.152 e. The Kier molecular flexibility index (Phi) is 2.74. The van der Waals surface area contributed by atoms with E-state index in [4.69, 9.17) is 0 Å². The molecule has 0 amide bonds. The number of aromatic amines is 1. The molecule has 0 radical (unpaired) electrons. The van der Waals surface area contributed by atoms with Crippen LogP contribution in [-0.4, -0.2) is 15.3 Å². The van der Waals surface area contributed by atoms with Gasteiger partial charge in [-0.15, -0.1) is 11.3 Å². The third-order valence-electron chi connectivity index (χ3n) is 2.50. The zero-order valence-electron chi connectivity index (χ0n) is 9.42. The number of nitrogens with zero attached hydrogens (tertiary/aromatic N) is 1. The molecule has 90 valence electrons. The molecule has 0 saturated carbocycles. The minimum Gasteiger partial charge on any atom is -0.508 e. The summed E-state index contributed by atoms with van der Waals surface area (Å²) < 4.78 is 0. The van der Waals surface area contributed by atoms with E-state index in [1.807, 2.05) is 23.6 Å². The Morgan fingerprint density at radius 3 is 2.72 bits per heavy atom. The molecule has 0 unspecified atom stereocenters. The van der Waals surface area contributed by atoms with Crippen LogP contribution in [0.2, 0.25) is 0 Å². The predicted octanol–water partition coefficient (Wildman–Crippen LogP) is 3.59. The number of anilines is 2. The second kappa shape index (κ2) is 4.54. The third-order valence-corrected chi connectivity index (χ3v) is 3.41. The fourth-order valence-corrected chi connectivity index (χ4v) is 2.33. The first-order valence-electron chi connectivity index (χ1n) is 5.46. The van der Waals surface area contributed by atoms with Crippen molar-refractivity contribution in [3.05, 3.63) is 47.8 Å². The lowest BCUT2D eigenvalue weighted by molar-refractivity contribution is 0.475. The number of aromatic hydroxyl groups is 1. The SMILES string of the molecule is Oc1ccc(Nc2cc(-c3cccs3)[nH]n2)cc1. The molecular formula is C13H11N3OS. The largest absolute Gasteiger partial charge is 0.508 e. The lowest BCUT2D eigenvalue weighted by atomic mass is 10.3. The first-order chi connectivity index (χ1) is 8.81. The molecule has 3 rings (SSSR count). The van der Waals surface area contributed by atoms with Gasteiger partial charge in [0.1, 0.15) is 5.75 Å². The van der Waals surface area contributed by atoms with Gasteiger partial charge in [0.15, 0.2) is 5.82 Å². The number of phenolic OH excluding ortho intramolecular Hbond substituents is 1. The molecule has 0 fully saturated rings. The normalized spacial score (nSPS) is 10.4. The number of H-pyrrole nitrogens is 1. The Morgan fingerprint density at radius 2 is 2.00 bits per heavy atom. The summed E-state index contributed by atoms with van der Waals surface area (Å²) in [6, 6.07) is 12.9. The predicted molar refractivity (Wildman–Crippen MR) is 73.3 cm³/mol. The molecule has 0 saturated heterocycles. The summed E-state index contributed by atoms with van der Waals surface area (Å²) in [5.74, 6) is 1.01. The molecule has 2 heterocycles. The van der Waals surface area contributed by atoms with Crippen molar-refractivity contribution in [2.75, 3.05) is 5.32 Å². The van der Waals surface area contributed by atoms with Crippen molar-refractivity contribution in [1.29, 1.82) is 0 Å². The second-order valence-electron chi connectivity index (χ2n) is 3.82. The van der Waals surface area contributed by atoms with Gasteiger partial charge in [-0.3, -0.25) is 5.10 Å². The van der Waals surface area contributed by atoms with Crippen LogP contribution in [0.5, 0.6) is 5.75 Å². The van der Waals surface area contributed by atoms with Gasteiger partial charge in [-0.1, -0.05) is 6.07 Å².